The van der Waals surface area contributed by atoms with E-state index in [-0.39, 0.29) is 6.09 Å². The van der Waals surface area contributed by atoms with E-state index in [0.29, 0.717) is 17.3 Å². The van der Waals surface area contributed by atoms with Gasteiger partial charge >= 0.3 is 6.09 Å². The van der Waals surface area contributed by atoms with Crippen molar-refractivity contribution in [1.82, 2.24) is 15.3 Å². The molecule has 0 radical (unpaired) electrons. The number of carbonyl (C=O) groups excluding carboxylic acids is 2. The molecule has 9 heteroatoms. The maximum Gasteiger partial charge on any atom is 0.407 e. The number of fused-ring (bicyclic) bond motifs is 1. The van der Waals surface area contributed by atoms with Crippen molar-refractivity contribution in [2.45, 2.75) is 52.6 Å². The molecular weight excluding hydrogens is 390 g/mol. The van der Waals surface area contributed by atoms with E-state index in [2.05, 4.69) is 20.2 Å². The second-order valence-corrected chi connectivity index (χ2v) is 9.46. The lowest BCUT2D eigenvalue weighted by Gasteiger charge is -2.33. The van der Waals surface area contributed by atoms with Gasteiger partial charge in [0.25, 0.3) is 5.91 Å². The summed E-state index contributed by atoms with van der Waals surface area (Å²) < 4.78 is 6.19. The number of carbonyl (C=O) groups is 2. The highest BCUT2D eigenvalue weighted by Crippen LogP contribution is 2.36. The molecule has 1 fully saturated rings. The van der Waals surface area contributed by atoms with Crippen LogP contribution in [0.5, 0.6) is 0 Å². The minimum Gasteiger partial charge on any atom is -0.444 e. The van der Waals surface area contributed by atoms with Crippen LogP contribution in [0.1, 0.15) is 55.3 Å². The Morgan fingerprint density at radius 3 is 2.62 bits per heavy atom. The van der Waals surface area contributed by atoms with E-state index < -0.39 is 11.5 Å². The number of rotatable bonds is 5. The maximum absolute atomic E-state index is 11.8. The Balaban J connectivity index is 1.57. The Labute approximate surface area is 174 Å². The fourth-order valence-corrected chi connectivity index (χ4v) is 4.73. The van der Waals surface area contributed by atoms with E-state index in [1.54, 1.807) is 6.33 Å². The van der Waals surface area contributed by atoms with Gasteiger partial charge < -0.3 is 20.7 Å². The molecule has 3 heterocycles. The topological polar surface area (TPSA) is 110 Å². The highest BCUT2D eigenvalue weighted by molar-refractivity contribution is 7.21. The summed E-state index contributed by atoms with van der Waals surface area (Å²) in [6.45, 7) is 9.82. The maximum atomic E-state index is 11.8. The van der Waals surface area contributed by atoms with Crippen molar-refractivity contribution in [2.75, 3.05) is 24.5 Å². The molecule has 0 aromatic carbocycles. The first kappa shape index (κ1) is 21.3. The van der Waals surface area contributed by atoms with Crippen LogP contribution in [0.4, 0.5) is 10.6 Å². The van der Waals surface area contributed by atoms with Crippen molar-refractivity contribution in [1.29, 1.82) is 0 Å². The molecule has 3 rings (SSSR count). The number of aromatic nitrogens is 2. The van der Waals surface area contributed by atoms with E-state index in [0.717, 1.165) is 53.9 Å². The summed E-state index contributed by atoms with van der Waals surface area (Å²) in [6.07, 6.45) is 4.16. The standard InChI is InChI=1S/C20H29N5O3S/c1-12-14-16(29-15(12)17(21)26)18(24-11-23-14)25-9-6-13(7-10-25)5-8-22-19(27)28-20(2,3)4/h11,13H,5-10H2,1-4H3,(H2,21,26)(H,22,27). The van der Waals surface area contributed by atoms with Gasteiger partial charge in [0.15, 0.2) is 0 Å². The lowest BCUT2D eigenvalue weighted by molar-refractivity contribution is 0.0524. The minimum atomic E-state index is -0.479. The van der Waals surface area contributed by atoms with Crippen molar-refractivity contribution >= 4 is 39.4 Å². The van der Waals surface area contributed by atoms with Gasteiger partial charge in [-0.3, -0.25) is 4.79 Å². The fraction of sp³-hybridized carbons (Fsp3) is 0.600. The summed E-state index contributed by atoms with van der Waals surface area (Å²) in [6, 6.07) is 0. The predicted molar refractivity (Wildman–Crippen MR) is 114 cm³/mol. The van der Waals surface area contributed by atoms with Crippen LogP contribution in [0.3, 0.4) is 0 Å². The molecule has 0 aliphatic carbocycles. The van der Waals surface area contributed by atoms with Gasteiger partial charge in [0.05, 0.1) is 15.1 Å². The molecule has 1 aliphatic heterocycles. The van der Waals surface area contributed by atoms with E-state index in [1.807, 2.05) is 27.7 Å². The number of hydrogen-bond acceptors (Lipinski definition) is 7. The van der Waals surface area contributed by atoms with Crippen molar-refractivity contribution in [3.05, 3.63) is 16.8 Å². The highest BCUT2D eigenvalue weighted by Gasteiger charge is 2.24. The van der Waals surface area contributed by atoms with Crippen LogP contribution in [-0.2, 0) is 4.74 Å². The number of hydrogen-bond donors (Lipinski definition) is 2. The molecule has 158 valence electrons. The lowest BCUT2D eigenvalue weighted by atomic mass is 9.93. The van der Waals surface area contributed by atoms with Gasteiger partial charge in [-0.1, -0.05) is 0 Å². The number of amides is 2. The molecule has 8 nitrogen and oxygen atoms in total. The number of thiophene rings is 1. The number of anilines is 1. The summed E-state index contributed by atoms with van der Waals surface area (Å²) in [4.78, 5) is 35.1. The molecule has 0 unspecified atom stereocenters. The normalized spacial score (nSPS) is 15.5. The number of aryl methyl sites for hydroxylation is 1. The van der Waals surface area contributed by atoms with Crippen LogP contribution in [0, 0.1) is 12.8 Å². The third-order valence-corrected chi connectivity index (χ3v) is 6.34. The summed E-state index contributed by atoms with van der Waals surface area (Å²) in [5.41, 5.74) is 6.64. The molecule has 2 amide bonds. The number of ether oxygens (including phenoxy) is 1. The smallest absolute Gasteiger partial charge is 0.407 e. The third-order valence-electron chi connectivity index (χ3n) is 5.04. The molecule has 2 aromatic heterocycles. The highest BCUT2D eigenvalue weighted by atomic mass is 32.1. The van der Waals surface area contributed by atoms with Gasteiger partial charge in [-0.15, -0.1) is 11.3 Å². The second-order valence-electron chi connectivity index (χ2n) is 8.44. The Bertz CT molecular complexity index is 897. The lowest BCUT2D eigenvalue weighted by Crippen LogP contribution is -2.37. The molecule has 2 aromatic rings. The first-order valence-electron chi connectivity index (χ1n) is 9.91. The number of nitrogens with zero attached hydrogens (tertiary/aromatic N) is 3. The minimum absolute atomic E-state index is 0.364. The fourth-order valence-electron chi connectivity index (χ4n) is 3.60. The van der Waals surface area contributed by atoms with Crippen LogP contribution in [0.15, 0.2) is 6.33 Å². The molecule has 1 saturated heterocycles. The first-order valence-corrected chi connectivity index (χ1v) is 10.7. The molecule has 0 bridgehead atoms. The molecular formula is C20H29N5O3S. The van der Waals surface area contributed by atoms with Gasteiger partial charge in [-0.25, -0.2) is 14.8 Å². The first-order chi connectivity index (χ1) is 13.7. The Morgan fingerprint density at radius 1 is 1.31 bits per heavy atom. The molecule has 0 spiro atoms. The largest absolute Gasteiger partial charge is 0.444 e. The van der Waals surface area contributed by atoms with Crippen LogP contribution >= 0.6 is 11.3 Å². The second kappa shape index (κ2) is 8.52. The van der Waals surface area contributed by atoms with Gasteiger partial charge in [-0.05, 0) is 58.4 Å². The summed E-state index contributed by atoms with van der Waals surface area (Å²) in [5.74, 6) is 0.998. The van der Waals surface area contributed by atoms with Gasteiger partial charge in [0.1, 0.15) is 17.7 Å². The average molecular weight is 420 g/mol. The SMILES string of the molecule is Cc1c(C(N)=O)sc2c(N3CCC(CCNC(=O)OC(C)(C)C)CC3)ncnc12. The van der Waals surface area contributed by atoms with E-state index >= 15 is 0 Å². The van der Waals surface area contributed by atoms with Crippen LogP contribution < -0.4 is 16.0 Å². The van der Waals surface area contributed by atoms with Crippen molar-refractivity contribution in [3.8, 4) is 0 Å². The number of piperidine rings is 1. The van der Waals surface area contributed by atoms with Gasteiger partial charge in [0.2, 0.25) is 0 Å². The van der Waals surface area contributed by atoms with E-state index in [1.165, 1.54) is 11.3 Å². The monoisotopic (exact) mass is 419 g/mol. The Hall–Kier alpha value is -2.42. The number of nitrogens with two attached hydrogens (primary N) is 1. The van der Waals surface area contributed by atoms with Gasteiger partial charge in [-0.2, -0.15) is 0 Å². The average Bonchev–Trinajstić information content (AvgIpc) is 2.98. The van der Waals surface area contributed by atoms with E-state index in [9.17, 15) is 9.59 Å². The third kappa shape index (κ3) is 5.14. The molecule has 29 heavy (non-hydrogen) atoms. The number of alkyl carbamates (subject to hydrolysis) is 1. The number of nitrogens with one attached hydrogen (secondary N) is 1. The zero-order valence-corrected chi connectivity index (χ0v) is 18.3. The summed E-state index contributed by atoms with van der Waals surface area (Å²) in [7, 11) is 0. The molecule has 3 N–H and O–H groups in total. The quantitative estimate of drug-likeness (QED) is 0.770. The van der Waals surface area contributed by atoms with Crippen molar-refractivity contribution in [3.63, 3.8) is 0 Å². The van der Waals surface area contributed by atoms with Crippen LogP contribution in [-0.4, -0.2) is 47.2 Å². The number of primary amides is 1. The van der Waals surface area contributed by atoms with Crippen LogP contribution in [0.2, 0.25) is 0 Å². The zero-order valence-electron chi connectivity index (χ0n) is 17.4. The molecule has 1 aliphatic rings. The Kier molecular flexibility index (Phi) is 6.26. The summed E-state index contributed by atoms with van der Waals surface area (Å²) >= 11 is 1.37. The van der Waals surface area contributed by atoms with Crippen molar-refractivity contribution in [2.24, 2.45) is 11.7 Å². The molecule has 0 atom stereocenters. The van der Waals surface area contributed by atoms with Crippen molar-refractivity contribution < 1.29 is 14.3 Å². The van der Waals surface area contributed by atoms with Crippen LogP contribution in [0.25, 0.3) is 10.2 Å². The van der Waals surface area contributed by atoms with E-state index in [4.69, 9.17) is 10.5 Å². The molecule has 0 saturated carbocycles. The zero-order chi connectivity index (χ0) is 21.2. The summed E-state index contributed by atoms with van der Waals surface area (Å²) in [5, 5.41) is 2.84. The van der Waals surface area contributed by atoms with Gasteiger partial charge in [0, 0.05) is 19.6 Å². The Morgan fingerprint density at radius 2 is 2.00 bits per heavy atom. The predicted octanol–water partition coefficient (Wildman–Crippen LogP) is 3.23.